The van der Waals surface area contributed by atoms with E-state index in [4.69, 9.17) is 4.74 Å². The molecule has 4 amide bonds. The highest BCUT2D eigenvalue weighted by atomic mass is 19.1. The first-order valence-electron chi connectivity index (χ1n) is 13.6. The van der Waals surface area contributed by atoms with Crippen LogP contribution >= 0.6 is 0 Å². The maximum Gasteiger partial charge on any atom is 0.255 e. The molecule has 6 rings (SSSR count). The fourth-order valence-corrected chi connectivity index (χ4v) is 5.75. The zero-order valence-corrected chi connectivity index (χ0v) is 22.3. The number of nitrogens with one attached hydrogen (secondary N) is 2. The van der Waals surface area contributed by atoms with E-state index in [1.165, 1.54) is 22.6 Å². The van der Waals surface area contributed by atoms with Crippen LogP contribution in [0.1, 0.15) is 51.6 Å². The highest BCUT2D eigenvalue weighted by molar-refractivity contribution is 6.05. The zero-order valence-electron chi connectivity index (χ0n) is 22.3. The highest BCUT2D eigenvalue weighted by Gasteiger charge is 2.40. The van der Waals surface area contributed by atoms with Gasteiger partial charge >= 0.3 is 0 Å². The van der Waals surface area contributed by atoms with Gasteiger partial charge in [0.15, 0.2) is 0 Å². The summed E-state index contributed by atoms with van der Waals surface area (Å²) >= 11 is 0. The second-order valence-electron chi connectivity index (χ2n) is 10.5. The SMILES string of the molecule is O=C(COC1CN(Cc2ccccc2)c2ccccc21)NCc1ccc2c(c1F)CN(C1CCC(=O)NC1=O)C2=O. The van der Waals surface area contributed by atoms with Crippen molar-refractivity contribution in [1.82, 2.24) is 15.5 Å². The Morgan fingerprint density at radius 1 is 1.02 bits per heavy atom. The lowest BCUT2D eigenvalue weighted by Crippen LogP contribution is -2.52. The van der Waals surface area contributed by atoms with Crippen molar-refractivity contribution < 1.29 is 28.3 Å². The molecule has 0 spiro atoms. The van der Waals surface area contributed by atoms with Crippen LogP contribution in [0.3, 0.4) is 0 Å². The molecule has 9 nitrogen and oxygen atoms in total. The van der Waals surface area contributed by atoms with Gasteiger partial charge in [-0.05, 0) is 24.1 Å². The number of carbonyl (C=O) groups is 4. The minimum atomic E-state index is -0.823. The van der Waals surface area contributed by atoms with Crippen molar-refractivity contribution in [2.24, 2.45) is 0 Å². The van der Waals surface area contributed by atoms with Crippen LogP contribution in [0.4, 0.5) is 10.1 Å². The molecule has 3 aromatic carbocycles. The van der Waals surface area contributed by atoms with E-state index in [-0.39, 0.29) is 67.1 Å². The summed E-state index contributed by atoms with van der Waals surface area (Å²) in [6, 6.07) is 20.3. The van der Waals surface area contributed by atoms with Crippen LogP contribution in [-0.2, 0) is 38.8 Å². The van der Waals surface area contributed by atoms with E-state index in [1.807, 2.05) is 42.5 Å². The third-order valence-electron chi connectivity index (χ3n) is 7.85. The van der Waals surface area contributed by atoms with Gasteiger partial charge in [-0.25, -0.2) is 4.39 Å². The van der Waals surface area contributed by atoms with E-state index in [9.17, 15) is 19.2 Å². The third kappa shape index (κ3) is 5.30. The van der Waals surface area contributed by atoms with E-state index in [2.05, 4.69) is 27.7 Å². The minimum Gasteiger partial charge on any atom is -0.364 e. The highest BCUT2D eigenvalue weighted by Crippen LogP contribution is 2.37. The molecule has 2 N–H and O–H groups in total. The Bertz CT molecular complexity index is 1530. The zero-order chi connectivity index (χ0) is 28.5. The Morgan fingerprint density at radius 3 is 2.61 bits per heavy atom. The van der Waals surface area contributed by atoms with Gasteiger partial charge in [0.05, 0.1) is 6.54 Å². The molecular formula is C31H29FN4O5. The van der Waals surface area contributed by atoms with E-state index < -0.39 is 23.7 Å². The molecule has 0 aromatic heterocycles. The molecule has 3 heterocycles. The van der Waals surface area contributed by atoms with Crippen molar-refractivity contribution in [2.45, 2.75) is 44.6 Å². The number of halogens is 1. The number of benzene rings is 3. The van der Waals surface area contributed by atoms with E-state index >= 15 is 4.39 Å². The molecule has 2 unspecified atom stereocenters. The lowest BCUT2D eigenvalue weighted by Gasteiger charge is -2.29. The molecule has 0 radical (unpaired) electrons. The predicted octanol–water partition coefficient (Wildman–Crippen LogP) is 2.98. The van der Waals surface area contributed by atoms with E-state index in [1.54, 1.807) is 0 Å². The van der Waals surface area contributed by atoms with Crippen molar-refractivity contribution >= 4 is 29.3 Å². The molecule has 1 saturated heterocycles. The molecule has 210 valence electrons. The van der Waals surface area contributed by atoms with Crippen molar-refractivity contribution in [3.8, 4) is 0 Å². The van der Waals surface area contributed by atoms with Gasteiger partial charge in [-0.1, -0.05) is 54.6 Å². The smallest absolute Gasteiger partial charge is 0.255 e. The van der Waals surface area contributed by atoms with Crippen molar-refractivity contribution in [3.05, 3.63) is 100 Å². The predicted molar refractivity (Wildman–Crippen MR) is 147 cm³/mol. The summed E-state index contributed by atoms with van der Waals surface area (Å²) in [5.74, 6) is -2.36. The topological polar surface area (TPSA) is 108 Å². The Hall–Kier alpha value is -4.57. The lowest BCUT2D eigenvalue weighted by molar-refractivity contribution is -0.137. The first kappa shape index (κ1) is 26.6. The molecule has 1 fully saturated rings. The molecule has 3 aromatic rings. The van der Waals surface area contributed by atoms with Crippen molar-refractivity contribution in [2.75, 3.05) is 18.1 Å². The normalized spacial score (nSPS) is 19.7. The molecule has 0 saturated carbocycles. The van der Waals surface area contributed by atoms with Crippen LogP contribution in [0, 0.1) is 5.82 Å². The van der Waals surface area contributed by atoms with Gasteiger partial charge < -0.3 is 19.9 Å². The van der Waals surface area contributed by atoms with Gasteiger partial charge in [-0.3, -0.25) is 24.5 Å². The average Bonchev–Trinajstić information content (AvgIpc) is 3.50. The monoisotopic (exact) mass is 556 g/mol. The van der Waals surface area contributed by atoms with Gasteiger partial charge in [-0.2, -0.15) is 0 Å². The Labute approximate surface area is 236 Å². The summed E-state index contributed by atoms with van der Waals surface area (Å²) in [6.07, 6.45) is 0.0435. The van der Waals surface area contributed by atoms with E-state index in [0.717, 1.165) is 17.8 Å². The van der Waals surface area contributed by atoms with E-state index in [0.29, 0.717) is 6.54 Å². The minimum absolute atomic E-state index is 0.0717. The quantitative estimate of drug-likeness (QED) is 0.413. The number of ether oxygens (including phenoxy) is 1. The summed E-state index contributed by atoms with van der Waals surface area (Å²) in [5, 5.41) is 4.95. The second kappa shape index (κ2) is 11.1. The van der Waals surface area contributed by atoms with Gasteiger partial charge in [0.25, 0.3) is 5.91 Å². The Kier molecular flexibility index (Phi) is 7.23. The number of para-hydroxylation sites is 1. The number of nitrogens with zero attached hydrogens (tertiary/aromatic N) is 2. The maximum atomic E-state index is 15.4. The van der Waals surface area contributed by atoms with Crippen LogP contribution in [0.25, 0.3) is 0 Å². The first-order valence-corrected chi connectivity index (χ1v) is 13.6. The number of amides is 4. The third-order valence-corrected chi connectivity index (χ3v) is 7.85. The fraction of sp³-hybridized carbons (Fsp3) is 0.290. The average molecular weight is 557 g/mol. The number of hydrogen-bond acceptors (Lipinski definition) is 6. The van der Waals surface area contributed by atoms with Crippen LogP contribution < -0.4 is 15.5 Å². The summed E-state index contributed by atoms with van der Waals surface area (Å²) in [5.41, 5.74) is 3.87. The Balaban J connectivity index is 1.05. The number of anilines is 1. The van der Waals surface area contributed by atoms with Crippen molar-refractivity contribution in [3.63, 3.8) is 0 Å². The Morgan fingerprint density at radius 2 is 1.80 bits per heavy atom. The van der Waals surface area contributed by atoms with Crippen molar-refractivity contribution in [1.29, 1.82) is 0 Å². The van der Waals surface area contributed by atoms with Crippen LogP contribution in [0.15, 0.2) is 66.7 Å². The largest absolute Gasteiger partial charge is 0.364 e. The molecule has 41 heavy (non-hydrogen) atoms. The summed E-state index contributed by atoms with van der Waals surface area (Å²) in [6.45, 7) is 1.00. The number of carbonyl (C=O) groups excluding carboxylic acids is 4. The number of imide groups is 1. The molecule has 3 aliphatic rings. The first-order chi connectivity index (χ1) is 19.9. The standard InChI is InChI=1S/C31H29FN4O5/c32-29-20(10-11-21-23(29)16-36(31(21)40)25-12-13-27(37)34-30(25)39)14-33-28(38)18-41-26-17-35(15-19-6-2-1-3-7-19)24-9-5-4-8-22(24)26/h1-11,25-26H,12-18H2,(H,33,38)(H,34,37,39). The summed E-state index contributed by atoms with van der Waals surface area (Å²) < 4.78 is 21.4. The van der Waals surface area contributed by atoms with Gasteiger partial charge in [0, 0.05) is 54.0 Å². The van der Waals surface area contributed by atoms with Crippen LogP contribution in [0.5, 0.6) is 0 Å². The fourth-order valence-electron chi connectivity index (χ4n) is 5.75. The number of rotatable bonds is 8. The molecule has 0 aliphatic carbocycles. The second-order valence-corrected chi connectivity index (χ2v) is 10.5. The molecule has 3 aliphatic heterocycles. The molecule has 10 heteroatoms. The molecular weight excluding hydrogens is 527 g/mol. The van der Waals surface area contributed by atoms with Gasteiger partial charge in [0.1, 0.15) is 24.6 Å². The maximum absolute atomic E-state index is 15.4. The number of hydrogen-bond donors (Lipinski definition) is 2. The number of piperidine rings is 1. The summed E-state index contributed by atoms with van der Waals surface area (Å²) in [7, 11) is 0. The molecule has 0 bridgehead atoms. The summed E-state index contributed by atoms with van der Waals surface area (Å²) in [4.78, 5) is 52.8. The van der Waals surface area contributed by atoms with Crippen LogP contribution in [-0.4, -0.2) is 47.7 Å². The van der Waals surface area contributed by atoms with Crippen LogP contribution in [0.2, 0.25) is 0 Å². The van der Waals surface area contributed by atoms with Gasteiger partial charge in [-0.15, -0.1) is 0 Å². The van der Waals surface area contributed by atoms with Gasteiger partial charge in [0.2, 0.25) is 17.7 Å². The molecule has 2 atom stereocenters. The number of fused-ring (bicyclic) bond motifs is 2. The lowest BCUT2D eigenvalue weighted by atomic mass is 10.0.